The van der Waals surface area contributed by atoms with Crippen LogP contribution in [0.1, 0.15) is 15.9 Å². The van der Waals surface area contributed by atoms with E-state index in [1.54, 1.807) is 43.4 Å². The largest absolute Gasteiger partial charge is 0.507 e. The van der Waals surface area contributed by atoms with Gasteiger partial charge in [0.2, 0.25) is 0 Å². The maximum absolute atomic E-state index is 12.4. The number of carbonyl (C=O) groups is 1. The molecule has 0 aliphatic carbocycles. The number of nitrogens with zero attached hydrogens (tertiary/aromatic N) is 1. The van der Waals surface area contributed by atoms with E-state index < -0.39 is 0 Å². The van der Waals surface area contributed by atoms with Gasteiger partial charge in [-0.15, -0.1) is 0 Å². The third kappa shape index (κ3) is 3.40. The SMILES string of the molecule is CN(C(=O)c1ccc(Br)c(O)c1)c1ccc(C(N)=S)cc1. The maximum Gasteiger partial charge on any atom is 0.258 e. The molecule has 108 valence electrons. The van der Waals surface area contributed by atoms with E-state index in [1.165, 1.54) is 11.0 Å². The highest BCUT2D eigenvalue weighted by Crippen LogP contribution is 2.25. The molecule has 0 spiro atoms. The molecule has 0 radical (unpaired) electrons. The van der Waals surface area contributed by atoms with Crippen molar-refractivity contribution in [2.45, 2.75) is 0 Å². The van der Waals surface area contributed by atoms with Crippen molar-refractivity contribution in [1.82, 2.24) is 0 Å². The molecule has 0 saturated carbocycles. The van der Waals surface area contributed by atoms with Crippen LogP contribution in [-0.4, -0.2) is 23.0 Å². The summed E-state index contributed by atoms with van der Waals surface area (Å²) >= 11 is 8.07. The Morgan fingerprint density at radius 3 is 2.29 bits per heavy atom. The van der Waals surface area contributed by atoms with E-state index in [2.05, 4.69) is 15.9 Å². The number of nitrogens with two attached hydrogens (primary N) is 1. The molecule has 0 aromatic heterocycles. The number of carbonyl (C=O) groups excluding carboxylic acids is 1. The average Bonchev–Trinajstić information content (AvgIpc) is 2.48. The van der Waals surface area contributed by atoms with Crippen molar-refractivity contribution in [2.24, 2.45) is 5.73 Å². The second kappa shape index (κ2) is 6.24. The van der Waals surface area contributed by atoms with E-state index in [9.17, 15) is 9.90 Å². The van der Waals surface area contributed by atoms with Crippen molar-refractivity contribution < 1.29 is 9.90 Å². The van der Waals surface area contributed by atoms with Gasteiger partial charge in [0.15, 0.2) is 0 Å². The zero-order valence-electron chi connectivity index (χ0n) is 11.2. The monoisotopic (exact) mass is 364 g/mol. The van der Waals surface area contributed by atoms with Crippen LogP contribution in [0.4, 0.5) is 5.69 Å². The van der Waals surface area contributed by atoms with Crippen LogP contribution in [0.15, 0.2) is 46.9 Å². The topological polar surface area (TPSA) is 66.6 Å². The molecule has 2 aromatic carbocycles. The third-order valence-electron chi connectivity index (χ3n) is 3.04. The second-order valence-electron chi connectivity index (χ2n) is 4.44. The molecule has 21 heavy (non-hydrogen) atoms. The predicted octanol–water partition coefficient (Wildman–Crippen LogP) is 3.07. The number of rotatable bonds is 3. The Kier molecular flexibility index (Phi) is 4.59. The molecule has 0 aliphatic rings. The van der Waals surface area contributed by atoms with Gasteiger partial charge in [0.25, 0.3) is 5.91 Å². The molecule has 6 heteroatoms. The maximum atomic E-state index is 12.4. The third-order valence-corrected chi connectivity index (χ3v) is 3.94. The highest BCUT2D eigenvalue weighted by Gasteiger charge is 2.15. The number of halogens is 1. The lowest BCUT2D eigenvalue weighted by Gasteiger charge is -2.18. The molecule has 0 saturated heterocycles. The van der Waals surface area contributed by atoms with Crippen LogP contribution in [0.5, 0.6) is 5.75 Å². The van der Waals surface area contributed by atoms with Crippen molar-refractivity contribution in [2.75, 3.05) is 11.9 Å². The van der Waals surface area contributed by atoms with E-state index in [0.717, 1.165) is 5.56 Å². The highest BCUT2D eigenvalue weighted by molar-refractivity contribution is 9.10. The zero-order valence-corrected chi connectivity index (χ0v) is 13.6. The van der Waals surface area contributed by atoms with Crippen molar-refractivity contribution >= 4 is 44.7 Å². The van der Waals surface area contributed by atoms with Crippen LogP contribution in [0.3, 0.4) is 0 Å². The van der Waals surface area contributed by atoms with Crippen LogP contribution < -0.4 is 10.6 Å². The van der Waals surface area contributed by atoms with Crippen LogP contribution in [0.25, 0.3) is 0 Å². The fourth-order valence-corrected chi connectivity index (χ4v) is 2.19. The molecule has 0 atom stereocenters. The number of anilines is 1. The summed E-state index contributed by atoms with van der Waals surface area (Å²) in [6, 6.07) is 11.8. The summed E-state index contributed by atoms with van der Waals surface area (Å²) in [5.74, 6) is -0.195. The number of hydrogen-bond donors (Lipinski definition) is 2. The summed E-state index contributed by atoms with van der Waals surface area (Å²) in [7, 11) is 1.66. The van der Waals surface area contributed by atoms with E-state index in [0.29, 0.717) is 20.7 Å². The molecule has 0 fully saturated rings. The first kappa shape index (κ1) is 15.5. The normalized spacial score (nSPS) is 10.2. The summed E-state index contributed by atoms with van der Waals surface area (Å²) < 4.78 is 0.544. The lowest BCUT2D eigenvalue weighted by Crippen LogP contribution is -2.26. The van der Waals surface area contributed by atoms with E-state index in [4.69, 9.17) is 18.0 Å². The van der Waals surface area contributed by atoms with Gasteiger partial charge < -0.3 is 15.7 Å². The quantitative estimate of drug-likeness (QED) is 0.821. The summed E-state index contributed by atoms with van der Waals surface area (Å²) in [6.07, 6.45) is 0. The minimum atomic E-state index is -0.221. The van der Waals surface area contributed by atoms with Crippen LogP contribution in [0.2, 0.25) is 0 Å². The van der Waals surface area contributed by atoms with Crippen molar-refractivity contribution in [3.05, 3.63) is 58.1 Å². The van der Waals surface area contributed by atoms with Gasteiger partial charge in [0.05, 0.1) is 4.47 Å². The van der Waals surface area contributed by atoms with E-state index in [1.807, 2.05) is 0 Å². The Bertz CT molecular complexity index is 701. The van der Waals surface area contributed by atoms with E-state index >= 15 is 0 Å². The summed E-state index contributed by atoms with van der Waals surface area (Å²) in [5, 5.41) is 9.65. The Labute approximate surface area is 136 Å². The molecule has 3 N–H and O–H groups in total. The van der Waals surface area contributed by atoms with Gasteiger partial charge in [0.1, 0.15) is 10.7 Å². The number of benzene rings is 2. The van der Waals surface area contributed by atoms with Crippen molar-refractivity contribution in [1.29, 1.82) is 0 Å². The molecule has 0 heterocycles. The number of amides is 1. The van der Waals surface area contributed by atoms with Crippen LogP contribution >= 0.6 is 28.1 Å². The summed E-state index contributed by atoms with van der Waals surface area (Å²) in [5.41, 5.74) is 7.40. The minimum absolute atomic E-state index is 0.0260. The first-order valence-electron chi connectivity index (χ1n) is 6.06. The number of phenolic OH excluding ortho intramolecular Hbond substituents is 1. The smallest absolute Gasteiger partial charge is 0.258 e. The van der Waals surface area contributed by atoms with Gasteiger partial charge in [-0.25, -0.2) is 0 Å². The van der Waals surface area contributed by atoms with Gasteiger partial charge in [-0.2, -0.15) is 0 Å². The Morgan fingerprint density at radius 2 is 1.76 bits per heavy atom. The number of hydrogen-bond acceptors (Lipinski definition) is 3. The lowest BCUT2D eigenvalue weighted by molar-refractivity contribution is 0.0992. The second-order valence-corrected chi connectivity index (χ2v) is 5.74. The first-order valence-corrected chi connectivity index (χ1v) is 7.26. The van der Waals surface area contributed by atoms with Crippen molar-refractivity contribution in [3.63, 3.8) is 0 Å². The lowest BCUT2D eigenvalue weighted by atomic mass is 10.1. The van der Waals surface area contributed by atoms with Crippen LogP contribution in [0, 0.1) is 0 Å². The standard InChI is InChI=1S/C15H13BrN2O2S/c1-18(11-5-2-9(3-6-11)14(17)21)15(20)10-4-7-12(16)13(19)8-10/h2-8,19H,1H3,(H2,17,21). The van der Waals surface area contributed by atoms with Gasteiger partial charge >= 0.3 is 0 Å². The molecule has 1 amide bonds. The minimum Gasteiger partial charge on any atom is -0.507 e. The average molecular weight is 365 g/mol. The van der Waals surface area contributed by atoms with Gasteiger partial charge in [-0.1, -0.05) is 12.2 Å². The number of aromatic hydroxyl groups is 1. The Balaban J connectivity index is 2.25. The van der Waals surface area contributed by atoms with Gasteiger partial charge in [-0.05, 0) is 58.4 Å². The van der Waals surface area contributed by atoms with Crippen LogP contribution in [-0.2, 0) is 0 Å². The van der Waals surface area contributed by atoms with Gasteiger partial charge in [-0.3, -0.25) is 4.79 Å². The fraction of sp³-hybridized carbons (Fsp3) is 0.0667. The number of phenols is 1. The fourth-order valence-electron chi connectivity index (χ4n) is 1.81. The molecular formula is C15H13BrN2O2S. The predicted molar refractivity (Wildman–Crippen MR) is 90.9 cm³/mol. The van der Waals surface area contributed by atoms with Gasteiger partial charge in [0, 0.05) is 23.9 Å². The van der Waals surface area contributed by atoms with E-state index in [-0.39, 0.29) is 11.7 Å². The highest BCUT2D eigenvalue weighted by atomic mass is 79.9. The Morgan fingerprint density at radius 1 is 1.19 bits per heavy atom. The first-order chi connectivity index (χ1) is 9.90. The molecule has 2 rings (SSSR count). The molecule has 0 bridgehead atoms. The molecule has 2 aromatic rings. The zero-order chi connectivity index (χ0) is 15.6. The molecule has 0 unspecified atom stereocenters. The molecule has 0 aliphatic heterocycles. The van der Waals surface area contributed by atoms with Crippen molar-refractivity contribution in [3.8, 4) is 5.75 Å². The Hall–Kier alpha value is -1.92. The number of thiocarbonyl (C=S) groups is 1. The molecule has 4 nitrogen and oxygen atoms in total. The molecular weight excluding hydrogens is 352 g/mol. The summed E-state index contributed by atoms with van der Waals surface area (Å²) in [4.78, 5) is 14.2. The summed E-state index contributed by atoms with van der Waals surface area (Å²) in [6.45, 7) is 0.